The van der Waals surface area contributed by atoms with Crippen LogP contribution in [0.5, 0.6) is 0 Å². The van der Waals surface area contributed by atoms with Gasteiger partial charge in [-0.05, 0) is 26.0 Å². The Morgan fingerprint density at radius 2 is 1.74 bits per heavy atom. The number of nitrogens with zero attached hydrogens (tertiary/aromatic N) is 3. The van der Waals surface area contributed by atoms with Crippen LogP contribution in [0.1, 0.15) is 13.8 Å². The number of hydrogen-bond donors (Lipinski definition) is 2. The zero-order chi connectivity index (χ0) is 17.2. The number of sulfonamides is 1. The van der Waals surface area contributed by atoms with E-state index in [0.29, 0.717) is 11.5 Å². The molecule has 124 valence electrons. The zero-order valence-corrected chi connectivity index (χ0v) is 14.4. The van der Waals surface area contributed by atoms with Crippen LogP contribution in [0.3, 0.4) is 0 Å². The molecular formula is C15H21N5O2S. The van der Waals surface area contributed by atoms with Crippen molar-refractivity contribution in [2.45, 2.75) is 24.8 Å². The summed E-state index contributed by atoms with van der Waals surface area (Å²) in [5, 5.41) is 3.17. The number of rotatable bonds is 5. The molecule has 0 spiro atoms. The number of benzene rings is 1. The summed E-state index contributed by atoms with van der Waals surface area (Å²) in [6, 6.07) is 8.52. The number of aromatic nitrogens is 2. The molecule has 1 aromatic carbocycles. The van der Waals surface area contributed by atoms with E-state index in [1.54, 1.807) is 30.3 Å². The summed E-state index contributed by atoms with van der Waals surface area (Å²) in [4.78, 5) is 8.57. The Balaban J connectivity index is 2.38. The molecule has 23 heavy (non-hydrogen) atoms. The third kappa shape index (κ3) is 3.96. The maximum absolute atomic E-state index is 12.1. The van der Waals surface area contributed by atoms with Crippen LogP contribution in [0.2, 0.25) is 0 Å². The molecule has 2 rings (SSSR count). The van der Waals surface area contributed by atoms with Crippen LogP contribution >= 0.6 is 0 Å². The maximum Gasteiger partial charge on any atom is 0.242 e. The normalized spacial score (nSPS) is 11.9. The van der Waals surface area contributed by atoms with Crippen molar-refractivity contribution in [2.24, 2.45) is 0 Å². The monoisotopic (exact) mass is 335 g/mol. The lowest BCUT2D eigenvalue weighted by Crippen LogP contribution is -2.22. The summed E-state index contributed by atoms with van der Waals surface area (Å²) in [5.41, 5.74) is 7.15. The average molecular weight is 335 g/mol. The van der Waals surface area contributed by atoms with Crippen LogP contribution in [0.4, 0.5) is 11.8 Å². The molecule has 0 aliphatic rings. The molecular weight excluding hydrogens is 314 g/mol. The smallest absolute Gasteiger partial charge is 0.242 e. The minimum Gasteiger partial charge on any atom is -0.368 e. The molecule has 0 saturated heterocycles. The van der Waals surface area contributed by atoms with Crippen LogP contribution in [0, 0.1) is 0 Å². The zero-order valence-electron chi connectivity index (χ0n) is 13.6. The van der Waals surface area contributed by atoms with Crippen LogP contribution in [-0.4, -0.2) is 42.8 Å². The first-order valence-electron chi connectivity index (χ1n) is 7.14. The van der Waals surface area contributed by atoms with Crippen molar-refractivity contribution in [3.63, 3.8) is 0 Å². The van der Waals surface area contributed by atoms with Crippen LogP contribution in [0.15, 0.2) is 35.2 Å². The fourth-order valence-corrected chi connectivity index (χ4v) is 2.89. The van der Waals surface area contributed by atoms with Crippen LogP contribution in [0.25, 0.3) is 11.3 Å². The fourth-order valence-electron chi connectivity index (χ4n) is 1.99. The molecule has 7 nitrogen and oxygen atoms in total. The van der Waals surface area contributed by atoms with Crippen molar-refractivity contribution >= 4 is 21.8 Å². The Kier molecular flexibility index (Phi) is 4.86. The van der Waals surface area contributed by atoms with Gasteiger partial charge < -0.3 is 11.1 Å². The van der Waals surface area contributed by atoms with Crippen molar-refractivity contribution in [2.75, 3.05) is 25.1 Å². The molecule has 2 aromatic rings. The summed E-state index contributed by atoms with van der Waals surface area (Å²) in [6.45, 7) is 4.00. The first-order chi connectivity index (χ1) is 10.7. The number of nitrogens with two attached hydrogens (primary N) is 1. The van der Waals surface area contributed by atoms with E-state index in [1.165, 1.54) is 18.4 Å². The summed E-state index contributed by atoms with van der Waals surface area (Å²) in [7, 11) is -0.448. The molecule has 8 heteroatoms. The molecule has 0 fully saturated rings. The highest BCUT2D eigenvalue weighted by Gasteiger charge is 2.17. The Morgan fingerprint density at radius 1 is 1.13 bits per heavy atom. The van der Waals surface area contributed by atoms with Gasteiger partial charge in [-0.1, -0.05) is 12.1 Å². The summed E-state index contributed by atoms with van der Waals surface area (Å²) in [5.74, 6) is 0.795. The fraction of sp³-hybridized carbons (Fsp3) is 0.333. The molecule has 0 saturated carbocycles. The molecule has 1 heterocycles. The third-order valence-electron chi connectivity index (χ3n) is 3.11. The first kappa shape index (κ1) is 17.2. The average Bonchev–Trinajstić information content (AvgIpc) is 2.45. The number of nitrogen functional groups attached to an aromatic ring is 1. The number of anilines is 2. The van der Waals surface area contributed by atoms with Crippen molar-refractivity contribution in [1.82, 2.24) is 14.3 Å². The van der Waals surface area contributed by atoms with Gasteiger partial charge in [0.05, 0.1) is 10.6 Å². The van der Waals surface area contributed by atoms with Gasteiger partial charge in [0.15, 0.2) is 0 Å². The maximum atomic E-state index is 12.1. The van der Waals surface area contributed by atoms with Crippen LogP contribution in [-0.2, 0) is 10.0 Å². The van der Waals surface area contributed by atoms with Gasteiger partial charge >= 0.3 is 0 Å². The van der Waals surface area contributed by atoms with Gasteiger partial charge in [-0.3, -0.25) is 0 Å². The molecule has 0 amide bonds. The summed E-state index contributed by atoms with van der Waals surface area (Å²) >= 11 is 0. The van der Waals surface area contributed by atoms with E-state index in [-0.39, 0.29) is 16.9 Å². The Morgan fingerprint density at radius 3 is 2.26 bits per heavy atom. The standard InChI is InChI=1S/C15H21N5O2S/c1-10(2)17-14-9-13(18-15(16)19-14)11-5-7-12(8-6-11)23(21,22)20(3)4/h5-10H,1-4H3,(H3,16,17,18,19). The van der Waals surface area contributed by atoms with Crippen molar-refractivity contribution in [1.29, 1.82) is 0 Å². The van der Waals surface area contributed by atoms with Crippen molar-refractivity contribution < 1.29 is 8.42 Å². The van der Waals surface area contributed by atoms with Crippen LogP contribution < -0.4 is 11.1 Å². The number of hydrogen-bond acceptors (Lipinski definition) is 6. The van der Waals surface area contributed by atoms with E-state index in [9.17, 15) is 8.42 Å². The molecule has 0 unspecified atom stereocenters. The predicted octanol–water partition coefficient (Wildman–Crippen LogP) is 1.80. The van der Waals surface area contributed by atoms with E-state index in [2.05, 4.69) is 15.3 Å². The van der Waals surface area contributed by atoms with Crippen molar-refractivity contribution in [3.05, 3.63) is 30.3 Å². The minimum atomic E-state index is -3.44. The second kappa shape index (κ2) is 6.51. The lowest BCUT2D eigenvalue weighted by molar-refractivity contribution is 0.521. The van der Waals surface area contributed by atoms with E-state index in [0.717, 1.165) is 5.56 Å². The van der Waals surface area contributed by atoms with Gasteiger partial charge in [-0.2, -0.15) is 4.98 Å². The highest BCUT2D eigenvalue weighted by atomic mass is 32.2. The lowest BCUT2D eigenvalue weighted by atomic mass is 10.1. The molecule has 0 radical (unpaired) electrons. The Hall–Kier alpha value is -2.19. The Labute approximate surface area is 136 Å². The molecule has 0 aliphatic carbocycles. The number of nitrogens with one attached hydrogen (secondary N) is 1. The van der Waals surface area contributed by atoms with Gasteiger partial charge in [0.25, 0.3) is 0 Å². The topological polar surface area (TPSA) is 101 Å². The van der Waals surface area contributed by atoms with Gasteiger partial charge in [-0.15, -0.1) is 0 Å². The second-order valence-electron chi connectivity index (χ2n) is 5.61. The molecule has 0 atom stereocenters. The summed E-state index contributed by atoms with van der Waals surface area (Å²) in [6.07, 6.45) is 0. The SMILES string of the molecule is CC(C)Nc1cc(-c2ccc(S(=O)(=O)N(C)C)cc2)nc(N)n1. The minimum absolute atomic E-state index is 0.163. The van der Waals surface area contributed by atoms with Gasteiger partial charge in [0.1, 0.15) is 5.82 Å². The highest BCUT2D eigenvalue weighted by Crippen LogP contribution is 2.23. The first-order valence-corrected chi connectivity index (χ1v) is 8.58. The van der Waals surface area contributed by atoms with Gasteiger partial charge in [-0.25, -0.2) is 17.7 Å². The van der Waals surface area contributed by atoms with E-state index in [1.807, 2.05) is 13.8 Å². The molecule has 1 aromatic heterocycles. The van der Waals surface area contributed by atoms with E-state index >= 15 is 0 Å². The quantitative estimate of drug-likeness (QED) is 0.864. The Bertz CT molecular complexity index is 786. The summed E-state index contributed by atoms with van der Waals surface area (Å²) < 4.78 is 25.3. The van der Waals surface area contributed by atoms with E-state index < -0.39 is 10.0 Å². The third-order valence-corrected chi connectivity index (χ3v) is 4.94. The van der Waals surface area contributed by atoms with E-state index in [4.69, 9.17) is 5.73 Å². The largest absolute Gasteiger partial charge is 0.368 e. The highest BCUT2D eigenvalue weighted by molar-refractivity contribution is 7.89. The van der Waals surface area contributed by atoms with Gasteiger partial charge in [0, 0.05) is 31.8 Å². The predicted molar refractivity (Wildman–Crippen MR) is 91.5 cm³/mol. The van der Waals surface area contributed by atoms with Crippen molar-refractivity contribution in [3.8, 4) is 11.3 Å². The molecule has 0 aliphatic heterocycles. The second-order valence-corrected chi connectivity index (χ2v) is 7.76. The lowest BCUT2D eigenvalue weighted by Gasteiger charge is -2.13. The molecule has 0 bridgehead atoms. The van der Waals surface area contributed by atoms with Gasteiger partial charge in [0.2, 0.25) is 16.0 Å². The molecule has 3 N–H and O–H groups in total.